The number of hydrogen-bond acceptors (Lipinski definition) is 7. The Bertz CT molecular complexity index is 1440. The van der Waals surface area contributed by atoms with E-state index in [1.165, 1.54) is 26.4 Å². The minimum Gasteiger partial charge on any atom is -0.502 e. The van der Waals surface area contributed by atoms with Gasteiger partial charge in [-0.3, -0.25) is 10.1 Å². The van der Waals surface area contributed by atoms with Gasteiger partial charge in [0.25, 0.3) is 0 Å². The topological polar surface area (TPSA) is 96.2 Å². The number of aromatic hydroxyl groups is 1. The van der Waals surface area contributed by atoms with E-state index >= 15 is 0 Å². The van der Waals surface area contributed by atoms with Crippen molar-refractivity contribution in [2.24, 2.45) is 0 Å². The number of rotatable bonds is 9. The van der Waals surface area contributed by atoms with Crippen molar-refractivity contribution in [2.45, 2.75) is 32.0 Å². The summed E-state index contributed by atoms with van der Waals surface area (Å²) in [5, 5.41) is 16.9. The molecule has 1 aliphatic carbocycles. The van der Waals surface area contributed by atoms with Crippen LogP contribution in [0.1, 0.15) is 35.8 Å². The van der Waals surface area contributed by atoms with Crippen molar-refractivity contribution in [1.29, 1.82) is 0 Å². The van der Waals surface area contributed by atoms with Gasteiger partial charge in [0.1, 0.15) is 17.6 Å². The Morgan fingerprint density at radius 3 is 2.58 bits per heavy atom. The van der Waals surface area contributed by atoms with Crippen molar-refractivity contribution in [2.75, 3.05) is 34.4 Å². The maximum atomic E-state index is 14.7. The number of hydrogen-bond donors (Lipinski definition) is 3. The average molecular weight is 548 g/mol. The molecule has 0 radical (unpaired) electrons. The Morgan fingerprint density at radius 1 is 1.20 bits per heavy atom. The van der Waals surface area contributed by atoms with Gasteiger partial charge in [0.05, 0.1) is 27.0 Å². The second-order valence-corrected chi connectivity index (χ2v) is 10.2. The van der Waals surface area contributed by atoms with Crippen LogP contribution in [0, 0.1) is 5.82 Å². The fourth-order valence-corrected chi connectivity index (χ4v) is 5.53. The van der Waals surface area contributed by atoms with E-state index in [9.17, 15) is 14.3 Å². The third-order valence-electron chi connectivity index (χ3n) is 7.54. The molecule has 8 nitrogen and oxygen atoms in total. The zero-order valence-electron chi connectivity index (χ0n) is 23.1. The first-order chi connectivity index (χ1) is 19.3. The van der Waals surface area contributed by atoms with Crippen LogP contribution >= 0.6 is 0 Å². The fraction of sp³-hybridized carbons (Fsp3) is 0.323. The van der Waals surface area contributed by atoms with E-state index in [1.54, 1.807) is 36.6 Å². The monoisotopic (exact) mass is 547 g/mol. The molecule has 2 heterocycles. The largest absolute Gasteiger partial charge is 0.502 e. The summed E-state index contributed by atoms with van der Waals surface area (Å²) >= 11 is 0. The second kappa shape index (κ2) is 11.6. The number of ether oxygens (including phenoxy) is 2. The summed E-state index contributed by atoms with van der Waals surface area (Å²) in [7, 11) is 5.00. The van der Waals surface area contributed by atoms with Crippen LogP contribution in [0.4, 0.5) is 4.39 Å². The first-order valence-corrected chi connectivity index (χ1v) is 13.2. The lowest BCUT2D eigenvalue weighted by Gasteiger charge is -2.25. The Hall–Kier alpha value is -4.08. The normalized spacial score (nSPS) is 18.7. The minimum atomic E-state index is -0.721. The number of carbonyl (C=O) groups excluding carboxylic acids is 1. The molecule has 2 atom stereocenters. The van der Waals surface area contributed by atoms with Crippen molar-refractivity contribution in [3.8, 4) is 17.2 Å². The summed E-state index contributed by atoms with van der Waals surface area (Å²) in [6.45, 7) is 3.92. The standard InChI is InChI=1S/C31H34FN3O5/c1-18-24(12-19-13-26(38-3)30(36)27(14-19)39-4)23-8-7-20(32)15-25(23)28(18)29(34-21-9-10-35(2)17-21)31(37)33-16-22-6-5-11-40-22/h5-8,11-15,21,29,34,36H,9-10,16-17H2,1-4H3,(H,33,37). The number of likely N-dealkylation sites (N-methyl/N-ethyl adjacent to an activating group) is 1. The molecule has 40 heavy (non-hydrogen) atoms. The van der Waals surface area contributed by atoms with Gasteiger partial charge < -0.3 is 29.2 Å². The van der Waals surface area contributed by atoms with E-state index in [0.29, 0.717) is 11.3 Å². The number of allylic oxidation sites excluding steroid dienone is 2. The van der Waals surface area contributed by atoms with Crippen molar-refractivity contribution < 1.29 is 28.2 Å². The molecule has 1 aromatic heterocycles. The number of likely N-dealkylation sites (tertiary alicyclic amines) is 1. The van der Waals surface area contributed by atoms with E-state index < -0.39 is 6.04 Å². The smallest absolute Gasteiger partial charge is 0.242 e. The van der Waals surface area contributed by atoms with E-state index in [1.807, 2.05) is 13.0 Å². The lowest BCUT2D eigenvalue weighted by molar-refractivity contribution is -0.122. The van der Waals surface area contributed by atoms with Gasteiger partial charge in [0, 0.05) is 12.6 Å². The first kappa shape index (κ1) is 27.5. The zero-order valence-corrected chi connectivity index (χ0v) is 23.1. The summed E-state index contributed by atoms with van der Waals surface area (Å²) < 4.78 is 30.8. The molecule has 2 unspecified atom stereocenters. The molecule has 3 N–H and O–H groups in total. The van der Waals surface area contributed by atoms with E-state index in [4.69, 9.17) is 13.9 Å². The van der Waals surface area contributed by atoms with Gasteiger partial charge in [-0.15, -0.1) is 0 Å². The number of fused-ring (bicyclic) bond motifs is 1. The summed E-state index contributed by atoms with van der Waals surface area (Å²) in [5.41, 5.74) is 4.62. The summed E-state index contributed by atoms with van der Waals surface area (Å²) in [6.07, 6.45) is 4.40. The molecule has 1 saturated heterocycles. The Morgan fingerprint density at radius 2 is 1.95 bits per heavy atom. The minimum absolute atomic E-state index is 0.0898. The van der Waals surface area contributed by atoms with Crippen molar-refractivity contribution in [3.63, 3.8) is 0 Å². The first-order valence-electron chi connectivity index (χ1n) is 13.2. The number of halogens is 1. The maximum absolute atomic E-state index is 14.7. The molecule has 0 saturated carbocycles. The van der Waals surface area contributed by atoms with E-state index in [0.717, 1.165) is 47.4 Å². The van der Waals surface area contributed by atoms with Crippen molar-refractivity contribution in [1.82, 2.24) is 15.5 Å². The predicted octanol–water partition coefficient (Wildman–Crippen LogP) is 4.45. The van der Waals surface area contributed by atoms with Crippen LogP contribution in [0.5, 0.6) is 17.2 Å². The summed E-state index contributed by atoms with van der Waals surface area (Å²) in [4.78, 5) is 16.0. The molecule has 0 bridgehead atoms. The van der Waals surface area contributed by atoms with Crippen LogP contribution in [0.2, 0.25) is 0 Å². The van der Waals surface area contributed by atoms with Gasteiger partial charge in [-0.2, -0.15) is 0 Å². The predicted molar refractivity (Wildman–Crippen MR) is 151 cm³/mol. The average Bonchev–Trinajstić information content (AvgIpc) is 3.67. The van der Waals surface area contributed by atoms with Gasteiger partial charge in [-0.1, -0.05) is 6.07 Å². The van der Waals surface area contributed by atoms with Gasteiger partial charge in [0.2, 0.25) is 11.7 Å². The third-order valence-corrected chi connectivity index (χ3v) is 7.54. The molecular weight excluding hydrogens is 513 g/mol. The number of phenolic OH excluding ortho intramolecular Hbond substituents is 1. The number of nitrogens with one attached hydrogen (secondary N) is 2. The van der Waals surface area contributed by atoms with Gasteiger partial charge in [-0.05, 0) is 103 Å². The number of methoxy groups -OCH3 is 2. The molecule has 5 rings (SSSR count). The number of benzene rings is 2. The van der Waals surface area contributed by atoms with E-state index in [2.05, 4.69) is 22.6 Å². The molecular formula is C31H34FN3O5. The highest BCUT2D eigenvalue weighted by atomic mass is 19.1. The fourth-order valence-electron chi connectivity index (χ4n) is 5.53. The lowest BCUT2D eigenvalue weighted by atomic mass is 9.96. The van der Waals surface area contributed by atoms with Crippen molar-refractivity contribution in [3.05, 3.63) is 82.6 Å². The molecule has 0 spiro atoms. The highest BCUT2D eigenvalue weighted by molar-refractivity contribution is 6.11. The quantitative estimate of drug-likeness (QED) is 0.364. The van der Waals surface area contributed by atoms with Gasteiger partial charge in [-0.25, -0.2) is 4.39 Å². The van der Waals surface area contributed by atoms with Crippen molar-refractivity contribution >= 4 is 23.1 Å². The van der Waals surface area contributed by atoms with Crippen LogP contribution < -0.4 is 20.1 Å². The van der Waals surface area contributed by atoms with Gasteiger partial charge in [0.15, 0.2) is 11.5 Å². The Kier molecular flexibility index (Phi) is 7.95. The molecule has 210 valence electrons. The zero-order chi connectivity index (χ0) is 28.4. The molecule has 1 aliphatic heterocycles. The molecule has 1 amide bonds. The van der Waals surface area contributed by atoms with Crippen LogP contribution in [-0.4, -0.2) is 62.4 Å². The second-order valence-electron chi connectivity index (χ2n) is 10.2. The van der Waals surface area contributed by atoms with Crippen LogP contribution in [0.3, 0.4) is 0 Å². The van der Waals surface area contributed by atoms with Crippen LogP contribution in [0.15, 0.2) is 58.7 Å². The third kappa shape index (κ3) is 5.48. The summed E-state index contributed by atoms with van der Waals surface area (Å²) in [6, 6.07) is 11.0. The summed E-state index contributed by atoms with van der Waals surface area (Å²) in [5.74, 6) is 0.499. The molecule has 3 aromatic rings. The molecule has 2 aromatic carbocycles. The Balaban J connectivity index is 1.59. The van der Waals surface area contributed by atoms with Crippen LogP contribution in [-0.2, 0) is 11.3 Å². The van der Waals surface area contributed by atoms with Gasteiger partial charge >= 0.3 is 0 Å². The lowest BCUT2D eigenvalue weighted by Crippen LogP contribution is -2.49. The van der Waals surface area contributed by atoms with E-state index in [-0.39, 0.29) is 41.6 Å². The molecule has 1 fully saturated rings. The SMILES string of the molecule is COc1cc(C=C2C(C)=C(C(NC3CCN(C)C3)C(=O)NCc3ccco3)c3cc(F)ccc32)cc(OC)c1O. The molecule has 9 heteroatoms. The number of carbonyl (C=O) groups is 1. The number of amides is 1. The maximum Gasteiger partial charge on any atom is 0.242 e. The Labute approximate surface area is 233 Å². The van der Waals surface area contributed by atoms with Crippen LogP contribution in [0.25, 0.3) is 17.2 Å². The molecule has 2 aliphatic rings. The number of phenols is 1. The highest BCUT2D eigenvalue weighted by Gasteiger charge is 2.36. The number of nitrogens with zero attached hydrogens (tertiary/aromatic N) is 1. The number of furan rings is 1. The highest BCUT2D eigenvalue weighted by Crippen LogP contribution is 2.45.